The van der Waals surface area contributed by atoms with Crippen molar-refractivity contribution in [2.24, 2.45) is 4.99 Å². The summed E-state index contributed by atoms with van der Waals surface area (Å²) in [6.45, 7) is 0. The fourth-order valence-corrected chi connectivity index (χ4v) is 3.74. The molecule has 1 aliphatic heterocycles. The monoisotopic (exact) mass is 305 g/mol. The van der Waals surface area contributed by atoms with Crippen LogP contribution in [0.5, 0.6) is 5.75 Å². The SMILES string of the molecule is COc1ccc(N=C2SCc3cc4ccccc4cc32)cc1. The molecule has 1 aliphatic rings. The summed E-state index contributed by atoms with van der Waals surface area (Å²) in [5.74, 6) is 1.85. The van der Waals surface area contributed by atoms with Crippen molar-refractivity contribution in [3.05, 3.63) is 71.8 Å². The standard InChI is InChI=1S/C19H15NOS/c1-21-17-8-6-16(7-9-17)20-19-18-11-14-5-3-2-4-13(14)10-15(18)12-22-19/h2-11H,12H2,1H3. The highest BCUT2D eigenvalue weighted by Crippen LogP contribution is 2.35. The van der Waals surface area contributed by atoms with Crippen LogP contribution in [-0.4, -0.2) is 12.2 Å². The number of hydrogen-bond donors (Lipinski definition) is 0. The minimum absolute atomic E-state index is 0.856. The Bertz CT molecular complexity index is 868. The van der Waals surface area contributed by atoms with Crippen LogP contribution in [0.25, 0.3) is 10.8 Å². The topological polar surface area (TPSA) is 21.6 Å². The number of thioether (sulfide) groups is 1. The second kappa shape index (κ2) is 5.50. The minimum Gasteiger partial charge on any atom is -0.497 e. The van der Waals surface area contributed by atoms with Crippen molar-refractivity contribution in [1.29, 1.82) is 0 Å². The number of aliphatic imine (C=N–C) groups is 1. The van der Waals surface area contributed by atoms with Gasteiger partial charge in [-0.05, 0) is 52.7 Å². The lowest BCUT2D eigenvalue weighted by molar-refractivity contribution is 0.415. The van der Waals surface area contributed by atoms with E-state index in [1.54, 1.807) is 18.9 Å². The molecule has 0 amide bonds. The molecule has 0 saturated heterocycles. The van der Waals surface area contributed by atoms with Gasteiger partial charge in [0.1, 0.15) is 10.8 Å². The van der Waals surface area contributed by atoms with Crippen molar-refractivity contribution in [3.63, 3.8) is 0 Å². The lowest BCUT2D eigenvalue weighted by atomic mass is 10.0. The van der Waals surface area contributed by atoms with Gasteiger partial charge in [-0.25, -0.2) is 4.99 Å². The predicted octanol–water partition coefficient (Wildman–Crippen LogP) is 5.17. The number of nitrogens with zero attached hydrogens (tertiary/aromatic N) is 1. The molecule has 1 heterocycles. The molecule has 0 aromatic heterocycles. The largest absolute Gasteiger partial charge is 0.497 e. The van der Waals surface area contributed by atoms with Crippen LogP contribution in [0, 0.1) is 0 Å². The van der Waals surface area contributed by atoms with E-state index in [1.807, 2.05) is 24.3 Å². The van der Waals surface area contributed by atoms with Gasteiger partial charge >= 0.3 is 0 Å². The minimum atomic E-state index is 0.856. The number of methoxy groups -OCH3 is 1. The average Bonchev–Trinajstić information content (AvgIpc) is 2.95. The Hall–Kier alpha value is -2.26. The maximum atomic E-state index is 5.19. The highest BCUT2D eigenvalue weighted by Gasteiger charge is 2.19. The van der Waals surface area contributed by atoms with Crippen molar-refractivity contribution in [2.45, 2.75) is 5.75 Å². The van der Waals surface area contributed by atoms with Crippen molar-refractivity contribution in [3.8, 4) is 5.75 Å². The van der Waals surface area contributed by atoms with E-state index in [9.17, 15) is 0 Å². The zero-order chi connectivity index (χ0) is 14.9. The van der Waals surface area contributed by atoms with Crippen LogP contribution < -0.4 is 4.74 Å². The maximum Gasteiger partial charge on any atom is 0.119 e. The van der Waals surface area contributed by atoms with Gasteiger partial charge in [-0.15, -0.1) is 11.8 Å². The van der Waals surface area contributed by atoms with Crippen LogP contribution in [0.3, 0.4) is 0 Å². The summed E-state index contributed by atoms with van der Waals surface area (Å²) < 4.78 is 5.19. The lowest BCUT2D eigenvalue weighted by Crippen LogP contribution is -1.91. The van der Waals surface area contributed by atoms with Gasteiger partial charge in [-0.1, -0.05) is 24.3 Å². The smallest absolute Gasteiger partial charge is 0.119 e. The summed E-state index contributed by atoms with van der Waals surface area (Å²) in [4.78, 5) is 4.81. The lowest BCUT2D eigenvalue weighted by Gasteiger charge is -2.04. The predicted molar refractivity (Wildman–Crippen MR) is 94.4 cm³/mol. The van der Waals surface area contributed by atoms with Gasteiger partial charge in [0.25, 0.3) is 0 Å². The van der Waals surface area contributed by atoms with E-state index in [0.29, 0.717) is 0 Å². The first kappa shape index (κ1) is 13.4. The molecule has 0 saturated carbocycles. The summed E-state index contributed by atoms with van der Waals surface area (Å²) in [6.07, 6.45) is 0. The molecule has 0 N–H and O–H groups in total. The molecule has 0 aliphatic carbocycles. The molecule has 0 unspecified atom stereocenters. The Labute approximate surface area is 133 Å². The van der Waals surface area contributed by atoms with Crippen LogP contribution in [-0.2, 0) is 5.75 Å². The van der Waals surface area contributed by atoms with Crippen LogP contribution in [0.1, 0.15) is 11.1 Å². The summed E-state index contributed by atoms with van der Waals surface area (Å²) in [6, 6.07) is 20.9. The summed E-state index contributed by atoms with van der Waals surface area (Å²) in [5.41, 5.74) is 3.60. The van der Waals surface area contributed by atoms with Gasteiger partial charge in [-0.2, -0.15) is 0 Å². The number of benzene rings is 3. The molecule has 3 heteroatoms. The van der Waals surface area contributed by atoms with Crippen molar-refractivity contribution in [2.75, 3.05) is 7.11 Å². The molecule has 3 aromatic carbocycles. The van der Waals surface area contributed by atoms with E-state index < -0.39 is 0 Å². The third kappa shape index (κ3) is 2.38. The Morgan fingerprint density at radius 3 is 2.41 bits per heavy atom. The van der Waals surface area contributed by atoms with Crippen LogP contribution in [0.2, 0.25) is 0 Å². The first-order chi connectivity index (χ1) is 10.8. The van der Waals surface area contributed by atoms with E-state index in [4.69, 9.17) is 9.73 Å². The zero-order valence-corrected chi connectivity index (χ0v) is 13.1. The second-order valence-electron chi connectivity index (χ2n) is 5.26. The Kier molecular flexibility index (Phi) is 3.35. The van der Waals surface area contributed by atoms with Crippen molar-refractivity contribution in [1.82, 2.24) is 0 Å². The van der Waals surface area contributed by atoms with Crippen LogP contribution in [0.4, 0.5) is 5.69 Å². The van der Waals surface area contributed by atoms with Gasteiger partial charge in [0, 0.05) is 11.3 Å². The Morgan fingerprint density at radius 1 is 0.955 bits per heavy atom. The fourth-order valence-electron chi connectivity index (χ4n) is 2.70. The first-order valence-corrected chi connectivity index (χ1v) is 8.19. The van der Waals surface area contributed by atoms with Crippen molar-refractivity contribution < 1.29 is 4.74 Å². The van der Waals surface area contributed by atoms with E-state index in [-0.39, 0.29) is 0 Å². The summed E-state index contributed by atoms with van der Waals surface area (Å²) >= 11 is 1.81. The third-order valence-corrected chi connectivity index (χ3v) is 4.91. The Balaban J connectivity index is 1.76. The molecule has 4 rings (SSSR count). The number of ether oxygens (including phenoxy) is 1. The molecule has 0 fully saturated rings. The number of rotatable bonds is 2. The van der Waals surface area contributed by atoms with Crippen LogP contribution in [0.15, 0.2) is 65.7 Å². The highest BCUT2D eigenvalue weighted by molar-refractivity contribution is 8.14. The van der Waals surface area contributed by atoms with E-state index in [0.717, 1.165) is 22.2 Å². The average molecular weight is 305 g/mol. The molecule has 2 nitrogen and oxygen atoms in total. The molecular formula is C19H15NOS. The molecule has 0 bridgehead atoms. The molecule has 0 atom stereocenters. The van der Waals surface area contributed by atoms with Gasteiger partial charge in [0.05, 0.1) is 12.8 Å². The zero-order valence-electron chi connectivity index (χ0n) is 12.2. The molecule has 108 valence electrons. The highest BCUT2D eigenvalue weighted by atomic mass is 32.2. The van der Waals surface area contributed by atoms with E-state index in [2.05, 4.69) is 36.4 Å². The summed E-state index contributed by atoms with van der Waals surface area (Å²) in [5, 5.41) is 3.67. The second-order valence-corrected chi connectivity index (χ2v) is 6.22. The quantitative estimate of drug-likeness (QED) is 0.651. The van der Waals surface area contributed by atoms with Gasteiger partial charge in [0.2, 0.25) is 0 Å². The Morgan fingerprint density at radius 2 is 1.68 bits per heavy atom. The fraction of sp³-hybridized carbons (Fsp3) is 0.105. The van der Waals surface area contributed by atoms with Gasteiger partial charge in [-0.3, -0.25) is 0 Å². The molecule has 0 spiro atoms. The maximum absolute atomic E-state index is 5.19. The van der Waals surface area contributed by atoms with Gasteiger partial charge in [0.15, 0.2) is 0 Å². The summed E-state index contributed by atoms with van der Waals surface area (Å²) in [7, 11) is 1.68. The van der Waals surface area contributed by atoms with Crippen molar-refractivity contribution >= 4 is 33.3 Å². The number of fused-ring (bicyclic) bond motifs is 2. The molecule has 3 aromatic rings. The third-order valence-electron chi connectivity index (χ3n) is 3.87. The van der Waals surface area contributed by atoms with E-state index in [1.165, 1.54) is 21.9 Å². The number of hydrogen-bond acceptors (Lipinski definition) is 3. The molecule has 0 radical (unpaired) electrons. The van der Waals surface area contributed by atoms with Crippen LogP contribution >= 0.6 is 11.8 Å². The molecular weight excluding hydrogens is 290 g/mol. The van der Waals surface area contributed by atoms with E-state index >= 15 is 0 Å². The van der Waals surface area contributed by atoms with Gasteiger partial charge < -0.3 is 4.74 Å². The normalized spacial score (nSPS) is 15.2. The molecule has 22 heavy (non-hydrogen) atoms. The first-order valence-electron chi connectivity index (χ1n) is 7.21.